The maximum atomic E-state index is 14.3. The second kappa shape index (κ2) is 6.53. The Morgan fingerprint density at radius 3 is 1.79 bits per heavy atom. The number of amides is 1. The van der Waals surface area contributed by atoms with Gasteiger partial charge in [-0.3, -0.25) is 9.59 Å². The van der Waals surface area contributed by atoms with Crippen LogP contribution in [-0.2, 0) is 24.3 Å². The monoisotopic (exact) mass is 433 g/mol. The Labute approximate surface area is 158 Å². The molecule has 4 bridgehead atoms. The van der Waals surface area contributed by atoms with Crippen LogP contribution in [0.4, 0.5) is 22.0 Å². The lowest BCUT2D eigenvalue weighted by atomic mass is 9.49. The SMILES string of the molecule is CC(=O)NS(=O)(=O)C(F)(F)C(OC(=O)C12CC3CC(CC(C3)C1)C2)C(F)(F)F. The number of carbonyl (C=O) groups is 2. The second-order valence-corrected chi connectivity index (χ2v) is 10.0. The highest BCUT2D eigenvalue weighted by Crippen LogP contribution is 2.60. The fourth-order valence-corrected chi connectivity index (χ4v) is 6.29. The third-order valence-electron chi connectivity index (χ3n) is 5.94. The van der Waals surface area contributed by atoms with Gasteiger partial charge in [0.15, 0.2) is 0 Å². The molecule has 1 atom stereocenters. The van der Waals surface area contributed by atoms with Gasteiger partial charge in [-0.2, -0.15) is 30.4 Å². The van der Waals surface area contributed by atoms with Crippen molar-refractivity contribution in [2.45, 2.75) is 63.0 Å². The van der Waals surface area contributed by atoms with Crippen LogP contribution in [0, 0.1) is 23.2 Å². The van der Waals surface area contributed by atoms with E-state index in [9.17, 15) is 40.0 Å². The largest absolute Gasteiger partial charge is 0.444 e. The highest BCUT2D eigenvalue weighted by Gasteiger charge is 2.68. The van der Waals surface area contributed by atoms with E-state index in [2.05, 4.69) is 4.74 Å². The Morgan fingerprint density at radius 2 is 1.43 bits per heavy atom. The van der Waals surface area contributed by atoms with Crippen LogP contribution in [0.1, 0.15) is 45.4 Å². The Morgan fingerprint density at radius 1 is 1.00 bits per heavy atom. The summed E-state index contributed by atoms with van der Waals surface area (Å²) in [5.41, 5.74) is -1.29. The molecule has 0 spiro atoms. The van der Waals surface area contributed by atoms with Crippen LogP contribution >= 0.6 is 0 Å². The van der Waals surface area contributed by atoms with Crippen molar-refractivity contribution in [3.8, 4) is 0 Å². The molecular weight excluding hydrogens is 413 g/mol. The lowest BCUT2D eigenvalue weighted by Crippen LogP contribution is -2.58. The maximum absolute atomic E-state index is 14.3. The number of ether oxygens (including phenoxy) is 1. The van der Waals surface area contributed by atoms with Gasteiger partial charge in [-0.05, 0) is 56.3 Å². The van der Waals surface area contributed by atoms with Crippen LogP contribution in [0.15, 0.2) is 0 Å². The van der Waals surface area contributed by atoms with Gasteiger partial charge >= 0.3 is 27.4 Å². The summed E-state index contributed by atoms with van der Waals surface area (Å²) >= 11 is 0. The zero-order valence-corrected chi connectivity index (χ0v) is 15.7. The van der Waals surface area contributed by atoms with E-state index >= 15 is 0 Å². The van der Waals surface area contributed by atoms with Crippen molar-refractivity contribution in [1.82, 2.24) is 4.72 Å². The lowest BCUT2D eigenvalue weighted by Gasteiger charge is -2.55. The Hall–Kier alpha value is -1.46. The first-order valence-corrected chi connectivity index (χ1v) is 10.3. The van der Waals surface area contributed by atoms with Crippen LogP contribution in [0.25, 0.3) is 0 Å². The summed E-state index contributed by atoms with van der Waals surface area (Å²) in [7, 11) is -6.07. The van der Waals surface area contributed by atoms with Gasteiger partial charge in [-0.25, -0.2) is 4.72 Å². The summed E-state index contributed by atoms with van der Waals surface area (Å²) in [4.78, 5) is 23.4. The number of hydrogen-bond donors (Lipinski definition) is 1. The summed E-state index contributed by atoms with van der Waals surface area (Å²) in [6.07, 6.45) is -6.75. The van der Waals surface area contributed by atoms with E-state index in [-0.39, 0.29) is 37.0 Å². The van der Waals surface area contributed by atoms with Gasteiger partial charge in [-0.1, -0.05) is 0 Å². The number of hydrogen-bond acceptors (Lipinski definition) is 5. The summed E-state index contributed by atoms with van der Waals surface area (Å²) < 4.78 is 96.6. The lowest BCUT2D eigenvalue weighted by molar-refractivity contribution is -0.265. The smallest absolute Gasteiger partial charge is 0.432 e. The normalized spacial score (nSPS) is 33.4. The maximum Gasteiger partial charge on any atom is 0.432 e. The molecule has 0 aliphatic heterocycles. The number of sulfonamides is 1. The van der Waals surface area contributed by atoms with E-state index in [4.69, 9.17) is 0 Å². The van der Waals surface area contributed by atoms with Gasteiger partial charge in [0.25, 0.3) is 6.10 Å². The number of carbonyl (C=O) groups excluding carboxylic acids is 2. The molecule has 1 unspecified atom stereocenters. The first kappa shape index (κ1) is 21.3. The van der Waals surface area contributed by atoms with Crippen molar-refractivity contribution < 1.29 is 44.7 Å². The van der Waals surface area contributed by atoms with Crippen molar-refractivity contribution >= 4 is 21.9 Å². The minimum Gasteiger partial charge on any atom is -0.444 e. The quantitative estimate of drug-likeness (QED) is 0.532. The molecule has 6 nitrogen and oxygen atoms in total. The zero-order valence-electron chi connectivity index (χ0n) is 14.9. The highest BCUT2D eigenvalue weighted by atomic mass is 32.2. The van der Waals surface area contributed by atoms with Gasteiger partial charge in [-0.15, -0.1) is 0 Å². The molecule has 0 aromatic heterocycles. The molecule has 0 heterocycles. The minimum atomic E-state index is -6.07. The Kier molecular flexibility index (Phi) is 4.96. The van der Waals surface area contributed by atoms with E-state index in [0.29, 0.717) is 6.92 Å². The zero-order chi connectivity index (χ0) is 21.1. The molecule has 0 aromatic rings. The minimum absolute atomic E-state index is 0.131. The molecule has 4 rings (SSSR count). The third kappa shape index (κ3) is 3.59. The predicted octanol–water partition coefficient (Wildman–Crippen LogP) is 2.74. The summed E-state index contributed by atoms with van der Waals surface area (Å²) in [5, 5.41) is -5.57. The van der Waals surface area contributed by atoms with Gasteiger partial charge in [0.1, 0.15) is 0 Å². The first-order chi connectivity index (χ1) is 12.7. The summed E-state index contributed by atoms with van der Waals surface area (Å²) in [6, 6.07) is 0. The van der Waals surface area contributed by atoms with Gasteiger partial charge in [0, 0.05) is 6.92 Å². The van der Waals surface area contributed by atoms with E-state index in [0.717, 1.165) is 24.0 Å². The Balaban J connectivity index is 1.88. The molecule has 160 valence electrons. The van der Waals surface area contributed by atoms with Gasteiger partial charge < -0.3 is 4.74 Å². The molecule has 0 saturated heterocycles. The van der Waals surface area contributed by atoms with Crippen LogP contribution in [0.3, 0.4) is 0 Å². The standard InChI is InChI=1S/C16H20F5NO5S/c1-8(23)22-28(25,26)16(20,21)12(15(17,18)19)27-13(24)14-5-9-2-10(6-14)4-11(3-9)7-14/h9-12H,2-7H2,1H3,(H,22,23). The number of alkyl halides is 5. The number of nitrogens with one attached hydrogen (secondary N) is 1. The van der Waals surface area contributed by atoms with Crippen LogP contribution in [-0.4, -0.2) is 37.8 Å². The fraction of sp³-hybridized carbons (Fsp3) is 0.875. The number of esters is 1. The van der Waals surface area contributed by atoms with Crippen molar-refractivity contribution in [3.05, 3.63) is 0 Å². The molecule has 1 amide bonds. The van der Waals surface area contributed by atoms with Crippen molar-refractivity contribution in [3.63, 3.8) is 0 Å². The third-order valence-corrected chi connectivity index (χ3v) is 7.42. The number of rotatable bonds is 5. The van der Waals surface area contributed by atoms with Crippen LogP contribution < -0.4 is 4.72 Å². The second-order valence-electron chi connectivity index (χ2n) is 8.25. The molecule has 4 aliphatic rings. The van der Waals surface area contributed by atoms with Gasteiger partial charge in [0.2, 0.25) is 5.91 Å². The molecule has 0 aromatic carbocycles. The predicted molar refractivity (Wildman–Crippen MR) is 84.2 cm³/mol. The number of halogens is 5. The van der Waals surface area contributed by atoms with Crippen molar-refractivity contribution in [2.24, 2.45) is 23.2 Å². The topological polar surface area (TPSA) is 89.5 Å². The summed E-state index contributed by atoms with van der Waals surface area (Å²) in [6.45, 7) is 0.553. The average Bonchev–Trinajstić information content (AvgIpc) is 2.48. The van der Waals surface area contributed by atoms with E-state index in [1.54, 1.807) is 0 Å². The molecular formula is C16H20F5NO5S. The molecule has 4 fully saturated rings. The van der Waals surface area contributed by atoms with Crippen LogP contribution in [0.5, 0.6) is 0 Å². The van der Waals surface area contributed by atoms with E-state index in [1.807, 2.05) is 0 Å². The fourth-order valence-electron chi connectivity index (χ4n) is 5.32. The molecule has 0 radical (unpaired) electrons. The molecule has 28 heavy (non-hydrogen) atoms. The van der Waals surface area contributed by atoms with Gasteiger partial charge in [0.05, 0.1) is 5.41 Å². The average molecular weight is 433 g/mol. The van der Waals surface area contributed by atoms with Crippen LogP contribution in [0.2, 0.25) is 0 Å². The molecule has 12 heteroatoms. The van der Waals surface area contributed by atoms with Crippen molar-refractivity contribution in [1.29, 1.82) is 0 Å². The highest BCUT2D eigenvalue weighted by molar-refractivity contribution is 7.91. The van der Waals surface area contributed by atoms with Crippen molar-refractivity contribution in [2.75, 3.05) is 0 Å². The molecule has 1 N–H and O–H groups in total. The summed E-state index contributed by atoms with van der Waals surface area (Å²) in [5.74, 6) is -2.54. The Bertz CT molecular complexity index is 744. The molecule has 4 saturated carbocycles. The first-order valence-electron chi connectivity index (χ1n) is 8.85. The van der Waals surface area contributed by atoms with E-state index in [1.165, 1.54) is 0 Å². The molecule has 4 aliphatic carbocycles. The van der Waals surface area contributed by atoms with E-state index < -0.39 is 44.8 Å².